The van der Waals surface area contributed by atoms with Crippen molar-refractivity contribution in [2.24, 2.45) is 5.10 Å². The molecule has 0 aliphatic heterocycles. The number of hydrogen-bond acceptors (Lipinski definition) is 3. The average Bonchev–Trinajstić information content (AvgIpc) is 2.42. The monoisotopic (exact) mass is 265 g/mol. The van der Waals surface area contributed by atoms with E-state index in [0.29, 0.717) is 5.11 Å². The van der Waals surface area contributed by atoms with Crippen LogP contribution in [0.1, 0.15) is 18.9 Å². The number of nitrogens with one attached hydrogen (secondary N) is 2. The van der Waals surface area contributed by atoms with Gasteiger partial charge in [0.2, 0.25) is 0 Å². The number of hydrogen-bond donors (Lipinski definition) is 2. The molecule has 0 atom stereocenters. The smallest absolute Gasteiger partial charge is 0.186 e. The Kier molecular flexibility index (Phi) is 6.14. The minimum Gasteiger partial charge on any atom is -0.497 e. The second kappa shape index (κ2) is 7.66. The third-order valence-corrected chi connectivity index (χ3v) is 2.81. The molecule has 1 aromatic rings. The number of hydrazone groups is 1. The van der Waals surface area contributed by atoms with Crippen LogP contribution in [-0.2, 0) is 6.42 Å². The molecule has 2 N–H and O–H groups in total. The summed E-state index contributed by atoms with van der Waals surface area (Å²) in [5.41, 5.74) is 5.06. The Morgan fingerprint density at radius 3 is 2.56 bits per heavy atom. The van der Waals surface area contributed by atoms with Gasteiger partial charge in [-0.3, -0.25) is 5.43 Å². The van der Waals surface area contributed by atoms with Crippen molar-refractivity contribution >= 4 is 23.0 Å². The lowest BCUT2D eigenvalue weighted by molar-refractivity contribution is 0.414. The standard InChI is InChI=1S/C13H19N3OS/c1-10(15-16-13(18)14-2)4-5-11-6-8-12(17-3)9-7-11/h6-9H,4-5H2,1-3H3,(H2,14,16,18)/b15-10+. The Morgan fingerprint density at radius 2 is 2.00 bits per heavy atom. The molecular formula is C13H19N3OS. The van der Waals surface area contributed by atoms with Crippen LogP contribution in [0.3, 0.4) is 0 Å². The highest BCUT2D eigenvalue weighted by atomic mass is 32.1. The third kappa shape index (κ3) is 5.14. The number of nitrogens with zero attached hydrogens (tertiary/aromatic N) is 1. The van der Waals surface area contributed by atoms with E-state index < -0.39 is 0 Å². The third-order valence-electron chi connectivity index (χ3n) is 2.51. The van der Waals surface area contributed by atoms with E-state index in [-0.39, 0.29) is 0 Å². The largest absolute Gasteiger partial charge is 0.497 e. The molecular weight excluding hydrogens is 246 g/mol. The van der Waals surface area contributed by atoms with Gasteiger partial charge in [-0.2, -0.15) is 5.10 Å². The van der Waals surface area contributed by atoms with Gasteiger partial charge in [-0.25, -0.2) is 0 Å². The van der Waals surface area contributed by atoms with Gasteiger partial charge < -0.3 is 10.1 Å². The maximum Gasteiger partial charge on any atom is 0.186 e. The molecule has 0 radical (unpaired) electrons. The fourth-order valence-electron chi connectivity index (χ4n) is 1.38. The molecule has 0 aromatic heterocycles. The second-order valence-corrected chi connectivity index (χ2v) is 4.29. The number of ether oxygens (including phenoxy) is 1. The van der Waals surface area contributed by atoms with E-state index >= 15 is 0 Å². The number of aryl methyl sites for hydroxylation is 1. The molecule has 0 unspecified atom stereocenters. The molecule has 1 aromatic carbocycles. The highest BCUT2D eigenvalue weighted by Crippen LogP contribution is 2.12. The first-order chi connectivity index (χ1) is 8.65. The zero-order valence-electron chi connectivity index (χ0n) is 11.0. The molecule has 0 fully saturated rings. The van der Waals surface area contributed by atoms with Crippen molar-refractivity contribution < 1.29 is 4.74 Å². The van der Waals surface area contributed by atoms with E-state index in [4.69, 9.17) is 17.0 Å². The lowest BCUT2D eigenvalue weighted by Gasteiger charge is -2.05. The summed E-state index contributed by atoms with van der Waals surface area (Å²) in [6.45, 7) is 1.98. The zero-order chi connectivity index (χ0) is 13.4. The van der Waals surface area contributed by atoms with Crippen LogP contribution in [0.25, 0.3) is 0 Å². The van der Waals surface area contributed by atoms with E-state index in [0.717, 1.165) is 24.3 Å². The van der Waals surface area contributed by atoms with Gasteiger partial charge in [0, 0.05) is 12.8 Å². The Labute approximate surface area is 113 Å². The molecule has 0 spiro atoms. The molecule has 4 nitrogen and oxygen atoms in total. The van der Waals surface area contributed by atoms with Crippen LogP contribution in [0, 0.1) is 0 Å². The SMILES string of the molecule is CNC(=S)N/N=C(\C)CCc1ccc(OC)cc1. The van der Waals surface area contributed by atoms with Gasteiger partial charge in [-0.15, -0.1) is 0 Å². The summed E-state index contributed by atoms with van der Waals surface area (Å²) in [5, 5.41) is 7.51. The Hall–Kier alpha value is -1.62. The van der Waals surface area contributed by atoms with E-state index in [1.165, 1.54) is 5.56 Å². The van der Waals surface area contributed by atoms with Crippen molar-refractivity contribution in [1.82, 2.24) is 10.7 Å². The Morgan fingerprint density at radius 1 is 1.33 bits per heavy atom. The maximum absolute atomic E-state index is 5.12. The molecule has 0 saturated heterocycles. The van der Waals surface area contributed by atoms with Crippen molar-refractivity contribution in [2.75, 3.05) is 14.2 Å². The van der Waals surface area contributed by atoms with Crippen LogP contribution in [-0.4, -0.2) is 25.0 Å². The Balaban J connectivity index is 2.41. The molecule has 0 aliphatic rings. The van der Waals surface area contributed by atoms with E-state index in [2.05, 4.69) is 28.0 Å². The predicted octanol–water partition coefficient (Wildman–Crippen LogP) is 2.10. The number of rotatable bonds is 5. The van der Waals surface area contributed by atoms with Crippen molar-refractivity contribution in [3.8, 4) is 5.75 Å². The minimum atomic E-state index is 0.527. The van der Waals surface area contributed by atoms with Gasteiger partial charge in [-0.1, -0.05) is 12.1 Å². The molecule has 1 rings (SSSR count). The van der Waals surface area contributed by atoms with Crippen molar-refractivity contribution in [3.05, 3.63) is 29.8 Å². The van der Waals surface area contributed by atoms with Crippen LogP contribution in [0.5, 0.6) is 5.75 Å². The number of methoxy groups -OCH3 is 1. The molecule has 0 bridgehead atoms. The minimum absolute atomic E-state index is 0.527. The molecule has 0 saturated carbocycles. The summed E-state index contributed by atoms with van der Waals surface area (Å²) in [6, 6.07) is 8.07. The molecule has 18 heavy (non-hydrogen) atoms. The lowest BCUT2D eigenvalue weighted by Crippen LogP contribution is -2.29. The van der Waals surface area contributed by atoms with Gasteiger partial charge in [0.25, 0.3) is 0 Å². The molecule has 0 amide bonds. The highest BCUT2D eigenvalue weighted by molar-refractivity contribution is 7.80. The first kappa shape index (κ1) is 14.4. The number of thiocarbonyl (C=S) groups is 1. The van der Waals surface area contributed by atoms with Crippen molar-refractivity contribution in [3.63, 3.8) is 0 Å². The maximum atomic E-state index is 5.12. The summed E-state index contributed by atoms with van der Waals surface area (Å²) < 4.78 is 5.12. The predicted molar refractivity (Wildman–Crippen MR) is 79.2 cm³/mol. The fraction of sp³-hybridized carbons (Fsp3) is 0.385. The van der Waals surface area contributed by atoms with Crippen LogP contribution >= 0.6 is 12.2 Å². The summed E-state index contributed by atoms with van der Waals surface area (Å²) in [5.74, 6) is 0.880. The summed E-state index contributed by atoms with van der Waals surface area (Å²) in [4.78, 5) is 0. The topological polar surface area (TPSA) is 45.7 Å². The van der Waals surface area contributed by atoms with Gasteiger partial charge in [0.15, 0.2) is 5.11 Å². The lowest BCUT2D eigenvalue weighted by atomic mass is 10.1. The van der Waals surface area contributed by atoms with Gasteiger partial charge in [0.1, 0.15) is 5.75 Å². The molecule has 5 heteroatoms. The van der Waals surface area contributed by atoms with Gasteiger partial charge in [-0.05, 0) is 49.7 Å². The fourth-order valence-corrected chi connectivity index (χ4v) is 1.42. The van der Waals surface area contributed by atoms with Gasteiger partial charge in [0.05, 0.1) is 7.11 Å². The van der Waals surface area contributed by atoms with Crippen LogP contribution < -0.4 is 15.5 Å². The van der Waals surface area contributed by atoms with E-state index in [9.17, 15) is 0 Å². The summed E-state index contributed by atoms with van der Waals surface area (Å²) in [6.07, 6.45) is 1.85. The quantitative estimate of drug-likeness (QED) is 0.486. The first-order valence-corrected chi connectivity index (χ1v) is 6.20. The van der Waals surface area contributed by atoms with E-state index in [1.807, 2.05) is 19.1 Å². The Bertz CT molecular complexity index is 415. The van der Waals surface area contributed by atoms with Crippen LogP contribution in [0.2, 0.25) is 0 Å². The van der Waals surface area contributed by atoms with Crippen LogP contribution in [0.4, 0.5) is 0 Å². The molecule has 0 heterocycles. The van der Waals surface area contributed by atoms with Crippen molar-refractivity contribution in [2.45, 2.75) is 19.8 Å². The second-order valence-electron chi connectivity index (χ2n) is 3.89. The van der Waals surface area contributed by atoms with Crippen molar-refractivity contribution in [1.29, 1.82) is 0 Å². The van der Waals surface area contributed by atoms with E-state index in [1.54, 1.807) is 14.2 Å². The number of benzene rings is 1. The summed E-state index contributed by atoms with van der Waals surface area (Å²) >= 11 is 4.94. The zero-order valence-corrected chi connectivity index (χ0v) is 11.8. The van der Waals surface area contributed by atoms with Gasteiger partial charge >= 0.3 is 0 Å². The average molecular weight is 265 g/mol. The summed E-state index contributed by atoms with van der Waals surface area (Å²) in [7, 11) is 3.43. The highest BCUT2D eigenvalue weighted by Gasteiger charge is 1.97. The molecule has 0 aliphatic carbocycles. The van der Waals surface area contributed by atoms with Crippen LogP contribution in [0.15, 0.2) is 29.4 Å². The molecule has 98 valence electrons. The first-order valence-electron chi connectivity index (χ1n) is 5.79. The normalized spacial score (nSPS) is 10.9.